The molecule has 2 N–H and O–H groups in total. The Balaban J connectivity index is 1.22. The number of imidazole rings is 2. The summed E-state index contributed by atoms with van der Waals surface area (Å²) in [6.07, 6.45) is 4.37. The van der Waals surface area contributed by atoms with Gasteiger partial charge in [0, 0.05) is 23.3 Å². The Morgan fingerprint density at radius 2 is 1.42 bits per heavy atom. The molecule has 36 heavy (non-hydrogen) atoms. The molecule has 6 nitrogen and oxygen atoms in total. The number of fused-ring (bicyclic) bond motifs is 1. The maximum Gasteiger partial charge on any atom is 0.166 e. The van der Waals surface area contributed by atoms with E-state index >= 15 is 0 Å². The first kappa shape index (κ1) is 24.0. The highest BCUT2D eigenvalue weighted by Crippen LogP contribution is 2.34. The van der Waals surface area contributed by atoms with E-state index in [1.165, 1.54) is 0 Å². The molecule has 0 saturated heterocycles. The van der Waals surface area contributed by atoms with Crippen LogP contribution in [0.15, 0.2) is 78.0 Å². The first-order valence-electron chi connectivity index (χ1n) is 12.2. The van der Waals surface area contributed by atoms with Gasteiger partial charge in [-0.15, -0.1) is 0 Å². The molecule has 0 aliphatic rings. The van der Waals surface area contributed by atoms with Gasteiger partial charge in [0.2, 0.25) is 0 Å². The van der Waals surface area contributed by atoms with E-state index < -0.39 is 0 Å². The fourth-order valence-corrected chi connectivity index (χ4v) is 5.08. The predicted molar refractivity (Wildman–Crippen MR) is 147 cm³/mol. The molecule has 0 radical (unpaired) electrons. The molecule has 0 saturated carbocycles. The van der Waals surface area contributed by atoms with Crippen LogP contribution in [0.4, 0.5) is 0 Å². The zero-order valence-corrected chi connectivity index (χ0v) is 21.4. The normalized spacial score (nSPS) is 11.2. The van der Waals surface area contributed by atoms with Gasteiger partial charge in [-0.1, -0.05) is 30.3 Å². The van der Waals surface area contributed by atoms with Crippen molar-refractivity contribution in [3.05, 3.63) is 78.6 Å². The summed E-state index contributed by atoms with van der Waals surface area (Å²) in [5.74, 6) is 3.75. The molecular weight excluding hydrogens is 468 g/mol. The summed E-state index contributed by atoms with van der Waals surface area (Å²) >= 11 is 1.77. The van der Waals surface area contributed by atoms with E-state index in [0.29, 0.717) is 0 Å². The van der Waals surface area contributed by atoms with E-state index in [2.05, 4.69) is 51.4 Å². The number of aromatic nitrogens is 4. The average Bonchev–Trinajstić information content (AvgIpc) is 3.55. The van der Waals surface area contributed by atoms with Crippen molar-refractivity contribution in [1.82, 2.24) is 19.9 Å². The lowest BCUT2D eigenvalue weighted by atomic mass is 10.0. The van der Waals surface area contributed by atoms with Crippen LogP contribution < -0.4 is 9.47 Å². The third kappa shape index (κ3) is 5.57. The number of rotatable bonds is 11. The number of H-pyrrole nitrogens is 2. The lowest BCUT2D eigenvalue weighted by Gasteiger charge is -2.06. The van der Waals surface area contributed by atoms with E-state index in [0.717, 1.165) is 87.5 Å². The van der Waals surface area contributed by atoms with Gasteiger partial charge < -0.3 is 19.4 Å². The van der Waals surface area contributed by atoms with Crippen molar-refractivity contribution >= 4 is 22.8 Å². The molecule has 0 unspecified atom stereocenters. The highest BCUT2D eigenvalue weighted by molar-refractivity contribution is 7.99. The molecule has 5 rings (SSSR count). The summed E-state index contributed by atoms with van der Waals surface area (Å²) in [5.41, 5.74) is 6.23. The number of benzene rings is 3. The zero-order valence-electron chi connectivity index (χ0n) is 20.6. The van der Waals surface area contributed by atoms with E-state index in [1.54, 1.807) is 26.0 Å². The number of nitrogens with one attached hydrogen (secondary N) is 2. The van der Waals surface area contributed by atoms with Crippen molar-refractivity contribution in [3.8, 4) is 34.0 Å². The second-order valence-corrected chi connectivity index (χ2v) is 9.67. The Morgan fingerprint density at radius 1 is 0.722 bits per heavy atom. The second kappa shape index (κ2) is 11.4. The molecule has 7 heteroatoms. The van der Waals surface area contributed by atoms with Crippen molar-refractivity contribution < 1.29 is 9.47 Å². The SMILES string of the molecule is COc1ccc(-c2nc(SCCCCCc3nc4ccccc4[nH]3)[nH]c2-c2ccc(OC)cc2)cc1. The monoisotopic (exact) mass is 498 g/mol. The molecule has 5 aromatic rings. The van der Waals surface area contributed by atoms with E-state index in [1.807, 2.05) is 36.4 Å². The molecule has 184 valence electrons. The molecule has 0 bridgehead atoms. The molecule has 0 spiro atoms. The summed E-state index contributed by atoms with van der Waals surface area (Å²) in [4.78, 5) is 16.6. The summed E-state index contributed by atoms with van der Waals surface area (Å²) in [6.45, 7) is 0. The summed E-state index contributed by atoms with van der Waals surface area (Å²) in [6, 6.07) is 24.3. The van der Waals surface area contributed by atoms with Crippen molar-refractivity contribution in [2.75, 3.05) is 20.0 Å². The first-order chi connectivity index (χ1) is 17.7. The second-order valence-electron chi connectivity index (χ2n) is 8.58. The average molecular weight is 499 g/mol. The fourth-order valence-electron chi connectivity index (χ4n) is 4.21. The van der Waals surface area contributed by atoms with Crippen molar-refractivity contribution in [2.24, 2.45) is 0 Å². The number of thioether (sulfide) groups is 1. The van der Waals surface area contributed by atoms with Crippen LogP contribution in [0.2, 0.25) is 0 Å². The van der Waals surface area contributed by atoms with Gasteiger partial charge in [0.25, 0.3) is 0 Å². The quantitative estimate of drug-likeness (QED) is 0.149. The number of aromatic amines is 2. The number of hydrogen-bond donors (Lipinski definition) is 2. The van der Waals surface area contributed by atoms with Crippen LogP contribution in [0, 0.1) is 0 Å². The standard InChI is InChI=1S/C29H30N4O2S/c1-34-22-15-11-20(12-16-22)27-28(21-13-17-23(35-2)18-14-21)33-29(32-27)36-19-7-3-4-10-26-30-24-8-5-6-9-25(24)31-26/h5-6,8-9,11-18H,3-4,7,10,19H2,1-2H3,(H,30,31)(H,32,33). The van der Waals surface area contributed by atoms with Crippen LogP contribution in [0.5, 0.6) is 11.5 Å². The molecule has 2 heterocycles. The number of aryl methyl sites for hydroxylation is 1. The van der Waals surface area contributed by atoms with Gasteiger partial charge in [0.15, 0.2) is 5.16 Å². The Labute approximate surface area is 215 Å². The Kier molecular flexibility index (Phi) is 7.57. The van der Waals surface area contributed by atoms with Gasteiger partial charge in [-0.25, -0.2) is 9.97 Å². The summed E-state index contributed by atoms with van der Waals surface area (Å²) in [7, 11) is 3.36. The number of nitrogens with zero attached hydrogens (tertiary/aromatic N) is 2. The number of ether oxygens (including phenoxy) is 2. The Bertz CT molecular complexity index is 1310. The van der Waals surface area contributed by atoms with E-state index in [-0.39, 0.29) is 0 Å². The largest absolute Gasteiger partial charge is 0.497 e. The Morgan fingerprint density at radius 3 is 2.11 bits per heavy atom. The lowest BCUT2D eigenvalue weighted by molar-refractivity contribution is 0.414. The van der Waals surface area contributed by atoms with Gasteiger partial charge in [0.1, 0.15) is 17.3 Å². The van der Waals surface area contributed by atoms with Gasteiger partial charge in [-0.05, 0) is 73.5 Å². The van der Waals surface area contributed by atoms with Crippen LogP contribution >= 0.6 is 11.8 Å². The number of unbranched alkanes of at least 4 members (excludes halogenated alkanes) is 2. The van der Waals surface area contributed by atoms with Crippen LogP contribution in [-0.4, -0.2) is 39.9 Å². The van der Waals surface area contributed by atoms with Crippen LogP contribution in [0.25, 0.3) is 33.5 Å². The molecule has 0 aliphatic heterocycles. The smallest absolute Gasteiger partial charge is 0.166 e. The zero-order chi connectivity index (χ0) is 24.7. The highest BCUT2D eigenvalue weighted by atomic mass is 32.2. The number of methoxy groups -OCH3 is 2. The summed E-state index contributed by atoms with van der Waals surface area (Å²) in [5, 5.41) is 0.934. The third-order valence-corrected chi connectivity index (χ3v) is 7.12. The van der Waals surface area contributed by atoms with Crippen LogP contribution in [0.1, 0.15) is 25.1 Å². The minimum Gasteiger partial charge on any atom is -0.497 e. The van der Waals surface area contributed by atoms with E-state index in [4.69, 9.17) is 14.5 Å². The minimum atomic E-state index is 0.831. The van der Waals surface area contributed by atoms with Crippen molar-refractivity contribution in [1.29, 1.82) is 0 Å². The first-order valence-corrected chi connectivity index (χ1v) is 13.2. The molecule has 3 aromatic carbocycles. The fraction of sp³-hybridized carbons (Fsp3) is 0.241. The van der Waals surface area contributed by atoms with Gasteiger partial charge in [-0.2, -0.15) is 0 Å². The molecular formula is C29H30N4O2S. The number of para-hydroxylation sites is 2. The van der Waals surface area contributed by atoms with Crippen LogP contribution in [-0.2, 0) is 6.42 Å². The number of hydrogen-bond acceptors (Lipinski definition) is 5. The van der Waals surface area contributed by atoms with Gasteiger partial charge >= 0.3 is 0 Å². The van der Waals surface area contributed by atoms with Gasteiger partial charge in [-0.3, -0.25) is 0 Å². The molecule has 0 atom stereocenters. The van der Waals surface area contributed by atoms with E-state index in [9.17, 15) is 0 Å². The maximum atomic E-state index is 5.33. The molecule has 2 aromatic heterocycles. The highest BCUT2D eigenvalue weighted by Gasteiger charge is 2.15. The Hall–Kier alpha value is -3.71. The predicted octanol–water partition coefficient (Wildman–Crippen LogP) is 7.14. The van der Waals surface area contributed by atoms with Crippen molar-refractivity contribution in [3.63, 3.8) is 0 Å². The molecule has 0 fully saturated rings. The third-order valence-electron chi connectivity index (χ3n) is 6.16. The maximum absolute atomic E-state index is 5.33. The van der Waals surface area contributed by atoms with Crippen molar-refractivity contribution in [2.45, 2.75) is 30.8 Å². The van der Waals surface area contributed by atoms with Gasteiger partial charge in [0.05, 0.1) is 36.6 Å². The van der Waals surface area contributed by atoms with Crippen LogP contribution in [0.3, 0.4) is 0 Å². The topological polar surface area (TPSA) is 75.8 Å². The molecule has 0 aliphatic carbocycles. The summed E-state index contributed by atoms with van der Waals surface area (Å²) < 4.78 is 10.7. The minimum absolute atomic E-state index is 0.831. The molecule has 0 amide bonds. The lowest BCUT2D eigenvalue weighted by Crippen LogP contribution is -1.90.